The summed E-state index contributed by atoms with van der Waals surface area (Å²) in [6, 6.07) is 12.2. The highest BCUT2D eigenvalue weighted by atomic mass is 19.1. The predicted molar refractivity (Wildman–Crippen MR) is 105 cm³/mol. The van der Waals surface area contributed by atoms with Crippen LogP contribution in [0.5, 0.6) is 11.5 Å². The topological polar surface area (TPSA) is 73.3 Å². The zero-order valence-electron chi connectivity index (χ0n) is 15.7. The number of nitrogens with one attached hydrogen (secondary N) is 1. The number of halogens is 1. The highest BCUT2D eigenvalue weighted by molar-refractivity contribution is 5.76. The summed E-state index contributed by atoms with van der Waals surface area (Å²) < 4.78 is 25.6. The molecule has 4 rings (SSSR count). The maximum absolute atomic E-state index is 14.0. The van der Waals surface area contributed by atoms with Crippen LogP contribution in [0.3, 0.4) is 0 Å². The van der Waals surface area contributed by atoms with Crippen LogP contribution in [0.1, 0.15) is 12.0 Å². The molecular weight excluding hydrogens is 373 g/mol. The van der Waals surface area contributed by atoms with Crippen LogP contribution in [-0.2, 0) is 11.2 Å². The van der Waals surface area contributed by atoms with Crippen molar-refractivity contribution in [1.29, 1.82) is 0 Å². The average Bonchev–Trinajstić information content (AvgIpc) is 3.16. The van der Waals surface area contributed by atoms with Gasteiger partial charge in [0.1, 0.15) is 23.4 Å². The van der Waals surface area contributed by atoms with Crippen molar-refractivity contribution in [2.24, 2.45) is 0 Å². The molecule has 148 valence electrons. The Morgan fingerprint density at radius 3 is 2.90 bits per heavy atom. The molecule has 1 aliphatic heterocycles. The van der Waals surface area contributed by atoms with Crippen LogP contribution < -0.4 is 14.8 Å². The van der Waals surface area contributed by atoms with E-state index in [4.69, 9.17) is 9.47 Å². The molecule has 0 radical (unpaired) electrons. The quantitative estimate of drug-likeness (QED) is 0.668. The molecule has 3 aromatic rings. The van der Waals surface area contributed by atoms with Gasteiger partial charge in [-0.25, -0.2) is 4.39 Å². The Morgan fingerprint density at radius 2 is 2.10 bits per heavy atom. The zero-order chi connectivity index (χ0) is 20.1. The van der Waals surface area contributed by atoms with Gasteiger partial charge in [0.25, 0.3) is 0 Å². The molecule has 0 bridgehead atoms. The zero-order valence-corrected chi connectivity index (χ0v) is 15.7. The molecule has 0 aliphatic carbocycles. The summed E-state index contributed by atoms with van der Waals surface area (Å²) in [5.74, 6) is 0.851. The average molecular weight is 393 g/mol. The van der Waals surface area contributed by atoms with Gasteiger partial charge in [0.15, 0.2) is 0 Å². The van der Waals surface area contributed by atoms with Crippen molar-refractivity contribution in [3.05, 3.63) is 72.4 Å². The van der Waals surface area contributed by atoms with Crippen molar-refractivity contribution in [2.45, 2.75) is 18.9 Å². The molecule has 0 saturated heterocycles. The van der Waals surface area contributed by atoms with Crippen LogP contribution in [-0.4, -0.2) is 35.1 Å². The Morgan fingerprint density at radius 1 is 1.24 bits per heavy atom. The van der Waals surface area contributed by atoms with Gasteiger partial charge < -0.3 is 14.8 Å². The van der Waals surface area contributed by atoms with Gasteiger partial charge in [0, 0.05) is 29.9 Å². The molecule has 1 aromatic heterocycles. The first kappa shape index (κ1) is 18.9. The van der Waals surface area contributed by atoms with Gasteiger partial charge in [-0.3, -0.25) is 14.8 Å². The standard InChI is InChI=1S/C22H20FN3O3/c23-16-10-15-11-18(29-22(15)19(12-16)20-14-24-7-8-25-20)13-26-21(27)6-9-28-17-4-2-1-3-5-17/h1-5,7-8,10,12,14,18H,6,9,11,13H2,(H,26,27). The molecule has 2 heterocycles. The third kappa shape index (κ3) is 4.68. The Balaban J connectivity index is 1.31. The minimum absolute atomic E-state index is 0.124. The highest BCUT2D eigenvalue weighted by Gasteiger charge is 2.27. The Hall–Kier alpha value is -3.48. The Bertz CT molecular complexity index is 983. The second kappa shape index (κ2) is 8.68. The smallest absolute Gasteiger partial charge is 0.223 e. The van der Waals surface area contributed by atoms with Gasteiger partial charge in [0.2, 0.25) is 5.91 Å². The third-order valence-corrected chi connectivity index (χ3v) is 4.57. The second-order valence-corrected chi connectivity index (χ2v) is 6.69. The van der Waals surface area contributed by atoms with Crippen LogP contribution in [0.2, 0.25) is 0 Å². The minimum Gasteiger partial charge on any atom is -0.493 e. The number of carbonyl (C=O) groups is 1. The number of nitrogens with zero attached hydrogens (tertiary/aromatic N) is 2. The van der Waals surface area contributed by atoms with Gasteiger partial charge >= 0.3 is 0 Å². The van der Waals surface area contributed by atoms with Gasteiger partial charge in [-0.2, -0.15) is 0 Å². The summed E-state index contributed by atoms with van der Waals surface area (Å²) in [5, 5.41) is 2.85. The monoisotopic (exact) mass is 393 g/mol. The lowest BCUT2D eigenvalue weighted by Gasteiger charge is -2.13. The largest absolute Gasteiger partial charge is 0.493 e. The predicted octanol–water partition coefficient (Wildman–Crippen LogP) is 3.17. The summed E-state index contributed by atoms with van der Waals surface area (Å²) in [6.45, 7) is 0.629. The van der Waals surface area contributed by atoms with E-state index in [1.165, 1.54) is 12.1 Å². The van der Waals surface area contributed by atoms with E-state index in [9.17, 15) is 9.18 Å². The molecule has 7 heteroatoms. The first-order valence-corrected chi connectivity index (χ1v) is 9.39. The van der Waals surface area contributed by atoms with Gasteiger partial charge in [-0.15, -0.1) is 0 Å². The maximum atomic E-state index is 14.0. The van der Waals surface area contributed by atoms with Crippen LogP contribution in [0, 0.1) is 5.82 Å². The lowest BCUT2D eigenvalue weighted by molar-refractivity contribution is -0.121. The van der Waals surface area contributed by atoms with Crippen LogP contribution in [0.4, 0.5) is 4.39 Å². The molecule has 6 nitrogen and oxygen atoms in total. The molecule has 29 heavy (non-hydrogen) atoms. The van der Waals surface area contributed by atoms with E-state index in [0.717, 1.165) is 11.3 Å². The molecule has 1 aliphatic rings. The Kier molecular flexibility index (Phi) is 5.65. The fourth-order valence-corrected chi connectivity index (χ4v) is 3.23. The van der Waals surface area contributed by atoms with Crippen molar-refractivity contribution in [3.63, 3.8) is 0 Å². The van der Waals surface area contributed by atoms with Crippen LogP contribution >= 0.6 is 0 Å². The first-order valence-electron chi connectivity index (χ1n) is 9.39. The lowest BCUT2D eigenvalue weighted by atomic mass is 10.0. The number of para-hydroxylation sites is 1. The van der Waals surface area contributed by atoms with Crippen molar-refractivity contribution in [3.8, 4) is 22.8 Å². The number of rotatable bonds is 7. The third-order valence-electron chi connectivity index (χ3n) is 4.57. The molecule has 1 N–H and O–H groups in total. The summed E-state index contributed by atoms with van der Waals surface area (Å²) in [7, 11) is 0. The number of ether oxygens (including phenoxy) is 2. The lowest BCUT2D eigenvalue weighted by Crippen LogP contribution is -2.35. The molecule has 0 saturated carbocycles. The van der Waals surface area contributed by atoms with Crippen LogP contribution in [0.15, 0.2) is 61.1 Å². The minimum atomic E-state index is -0.351. The van der Waals surface area contributed by atoms with E-state index in [1.807, 2.05) is 30.3 Å². The highest BCUT2D eigenvalue weighted by Crippen LogP contribution is 2.38. The number of benzene rings is 2. The number of fused-ring (bicyclic) bond motifs is 1. The van der Waals surface area contributed by atoms with Gasteiger partial charge in [0.05, 0.1) is 31.5 Å². The molecular formula is C22H20FN3O3. The second-order valence-electron chi connectivity index (χ2n) is 6.69. The Labute approximate surface area is 167 Å². The van der Waals surface area contributed by atoms with E-state index < -0.39 is 0 Å². The molecule has 1 amide bonds. The van der Waals surface area contributed by atoms with E-state index >= 15 is 0 Å². The number of carbonyl (C=O) groups excluding carboxylic acids is 1. The molecule has 0 fully saturated rings. The van der Waals surface area contributed by atoms with Crippen molar-refractivity contribution < 1.29 is 18.7 Å². The first-order chi connectivity index (χ1) is 14.2. The fourth-order valence-electron chi connectivity index (χ4n) is 3.23. The summed E-state index contributed by atoms with van der Waals surface area (Å²) in [6.07, 6.45) is 5.18. The molecule has 2 aromatic carbocycles. The molecule has 1 atom stereocenters. The summed E-state index contributed by atoms with van der Waals surface area (Å²) in [5.41, 5.74) is 1.88. The van der Waals surface area contributed by atoms with Crippen LogP contribution in [0.25, 0.3) is 11.3 Å². The number of hydrogen-bond donors (Lipinski definition) is 1. The summed E-state index contributed by atoms with van der Waals surface area (Å²) in [4.78, 5) is 20.3. The van der Waals surface area contributed by atoms with Crippen molar-refractivity contribution in [2.75, 3.05) is 13.2 Å². The van der Waals surface area contributed by atoms with Gasteiger partial charge in [-0.1, -0.05) is 18.2 Å². The molecule has 1 unspecified atom stereocenters. The SMILES string of the molecule is O=C(CCOc1ccccc1)NCC1Cc2cc(F)cc(-c3cnccn3)c2O1. The van der Waals surface area contributed by atoms with E-state index in [1.54, 1.807) is 18.6 Å². The number of hydrogen-bond acceptors (Lipinski definition) is 5. The van der Waals surface area contributed by atoms with Crippen molar-refractivity contribution in [1.82, 2.24) is 15.3 Å². The summed E-state index contributed by atoms with van der Waals surface area (Å²) >= 11 is 0. The van der Waals surface area contributed by atoms with Crippen molar-refractivity contribution >= 4 is 5.91 Å². The fraction of sp³-hybridized carbons (Fsp3) is 0.227. The number of amides is 1. The maximum Gasteiger partial charge on any atom is 0.223 e. The van der Waals surface area contributed by atoms with E-state index in [-0.39, 0.29) is 24.2 Å². The number of aromatic nitrogens is 2. The molecule has 0 spiro atoms. The van der Waals surface area contributed by atoms with E-state index in [2.05, 4.69) is 15.3 Å². The van der Waals surface area contributed by atoms with E-state index in [0.29, 0.717) is 36.6 Å². The normalized spacial score (nSPS) is 14.7. The van der Waals surface area contributed by atoms with Gasteiger partial charge in [-0.05, 0) is 24.3 Å².